The van der Waals surface area contributed by atoms with Crippen LogP contribution < -0.4 is 15.4 Å². The minimum absolute atomic E-state index is 0.00715. The summed E-state index contributed by atoms with van der Waals surface area (Å²) in [4.78, 5) is 23.1. The van der Waals surface area contributed by atoms with Crippen molar-refractivity contribution in [3.05, 3.63) is 24.3 Å². The summed E-state index contributed by atoms with van der Waals surface area (Å²) in [5, 5.41) is 5.32. The first-order valence-corrected chi connectivity index (χ1v) is 7.34. The van der Waals surface area contributed by atoms with Crippen LogP contribution in [-0.2, 0) is 9.59 Å². The molecule has 0 atom stereocenters. The molecule has 0 saturated heterocycles. The third-order valence-electron chi connectivity index (χ3n) is 2.71. The van der Waals surface area contributed by atoms with Crippen LogP contribution in [0.1, 0.15) is 40.0 Å². The predicted octanol–water partition coefficient (Wildman–Crippen LogP) is 2.72. The summed E-state index contributed by atoms with van der Waals surface area (Å²) in [6.45, 7) is 5.92. The van der Waals surface area contributed by atoms with Crippen molar-refractivity contribution < 1.29 is 14.3 Å². The molecule has 1 aromatic carbocycles. The average Bonchev–Trinajstić information content (AvgIpc) is 2.44. The Labute approximate surface area is 126 Å². The van der Waals surface area contributed by atoms with Crippen LogP contribution in [0.25, 0.3) is 0 Å². The summed E-state index contributed by atoms with van der Waals surface area (Å²) in [5.74, 6) is 0.431. The molecule has 0 heterocycles. The number of nitrogens with one attached hydrogen (secondary N) is 2. The van der Waals surface area contributed by atoms with Gasteiger partial charge >= 0.3 is 0 Å². The van der Waals surface area contributed by atoms with E-state index in [2.05, 4.69) is 10.6 Å². The summed E-state index contributed by atoms with van der Waals surface area (Å²) in [6, 6.07) is 7.15. The largest absolute Gasteiger partial charge is 0.491 e. The minimum atomic E-state index is -0.239. The van der Waals surface area contributed by atoms with Crippen LogP contribution in [0.3, 0.4) is 0 Å². The second-order valence-corrected chi connectivity index (χ2v) is 5.12. The van der Waals surface area contributed by atoms with Gasteiger partial charge in [0.25, 0.3) is 0 Å². The summed E-state index contributed by atoms with van der Waals surface area (Å²) in [7, 11) is 0. The number of carbonyl (C=O) groups excluding carboxylic acids is 2. The number of hydrogen-bond donors (Lipinski definition) is 2. The maximum atomic E-state index is 11.7. The van der Waals surface area contributed by atoms with Crippen molar-refractivity contribution in [1.82, 2.24) is 5.32 Å². The minimum Gasteiger partial charge on any atom is -0.491 e. The van der Waals surface area contributed by atoms with Crippen molar-refractivity contribution in [1.29, 1.82) is 0 Å². The highest BCUT2D eigenvalue weighted by molar-refractivity contribution is 5.94. The molecule has 116 valence electrons. The van der Waals surface area contributed by atoms with E-state index in [1.54, 1.807) is 24.3 Å². The van der Waals surface area contributed by atoms with Gasteiger partial charge in [0, 0.05) is 12.1 Å². The topological polar surface area (TPSA) is 67.4 Å². The zero-order valence-corrected chi connectivity index (χ0v) is 12.9. The lowest BCUT2D eigenvalue weighted by molar-refractivity contribution is -0.124. The van der Waals surface area contributed by atoms with E-state index in [-0.39, 0.29) is 24.5 Å². The van der Waals surface area contributed by atoms with E-state index >= 15 is 0 Å². The van der Waals surface area contributed by atoms with E-state index < -0.39 is 0 Å². The fraction of sp³-hybridized carbons (Fsp3) is 0.500. The Morgan fingerprint density at radius 1 is 1.14 bits per heavy atom. The van der Waals surface area contributed by atoms with Crippen molar-refractivity contribution in [3.63, 3.8) is 0 Å². The Bertz CT molecular complexity index is 455. The average molecular weight is 292 g/mol. The van der Waals surface area contributed by atoms with Gasteiger partial charge < -0.3 is 15.4 Å². The van der Waals surface area contributed by atoms with Gasteiger partial charge in [-0.05, 0) is 44.5 Å². The summed E-state index contributed by atoms with van der Waals surface area (Å²) in [5.41, 5.74) is 0.680. The molecule has 0 fully saturated rings. The van der Waals surface area contributed by atoms with E-state index in [1.807, 2.05) is 20.8 Å². The number of rotatable bonds is 8. The quantitative estimate of drug-likeness (QED) is 0.774. The van der Waals surface area contributed by atoms with E-state index in [0.717, 1.165) is 18.6 Å². The highest BCUT2D eigenvalue weighted by atomic mass is 16.5. The number of anilines is 1. The van der Waals surface area contributed by atoms with Gasteiger partial charge in [0.2, 0.25) is 11.8 Å². The molecule has 1 rings (SSSR count). The van der Waals surface area contributed by atoms with Gasteiger partial charge in [-0.15, -0.1) is 0 Å². The maximum Gasteiger partial charge on any atom is 0.243 e. The van der Waals surface area contributed by atoms with Crippen molar-refractivity contribution in [3.8, 4) is 5.75 Å². The van der Waals surface area contributed by atoms with E-state index in [9.17, 15) is 9.59 Å². The highest BCUT2D eigenvalue weighted by Crippen LogP contribution is 2.16. The molecule has 0 bridgehead atoms. The number of unbranched alkanes of at least 4 members (excludes halogenated alkanes) is 1. The fourth-order valence-electron chi connectivity index (χ4n) is 1.70. The van der Waals surface area contributed by atoms with Crippen LogP contribution >= 0.6 is 0 Å². The molecule has 0 saturated carbocycles. The molecule has 5 heteroatoms. The molecule has 0 aliphatic heterocycles. The lowest BCUT2D eigenvalue weighted by Gasteiger charge is -2.11. The van der Waals surface area contributed by atoms with Gasteiger partial charge in [-0.1, -0.05) is 13.3 Å². The van der Waals surface area contributed by atoms with Crippen molar-refractivity contribution in [2.45, 2.75) is 46.1 Å². The lowest BCUT2D eigenvalue weighted by atomic mass is 10.2. The van der Waals surface area contributed by atoms with E-state index in [4.69, 9.17) is 4.74 Å². The standard InChI is InChI=1S/C16H24N2O3/c1-4-5-6-15(19)17-11-16(20)18-13-7-9-14(10-8-13)21-12(2)3/h7-10,12H,4-6,11H2,1-3H3,(H,17,19)(H,18,20). The summed E-state index contributed by atoms with van der Waals surface area (Å²) < 4.78 is 5.52. The Balaban J connectivity index is 2.35. The maximum absolute atomic E-state index is 11.7. The van der Waals surface area contributed by atoms with Crippen LogP contribution in [0.4, 0.5) is 5.69 Å². The first-order chi connectivity index (χ1) is 10.0. The Kier molecular flexibility index (Phi) is 7.29. The molecular weight excluding hydrogens is 268 g/mol. The molecule has 0 radical (unpaired) electrons. The second kappa shape index (κ2) is 9.00. The molecule has 1 aromatic rings. The highest BCUT2D eigenvalue weighted by Gasteiger charge is 2.06. The molecule has 0 aliphatic rings. The van der Waals surface area contributed by atoms with Crippen molar-refractivity contribution in [2.75, 3.05) is 11.9 Å². The number of hydrogen-bond acceptors (Lipinski definition) is 3. The predicted molar refractivity (Wildman–Crippen MR) is 83.4 cm³/mol. The van der Waals surface area contributed by atoms with Gasteiger partial charge in [0.15, 0.2) is 0 Å². The Hall–Kier alpha value is -2.04. The third kappa shape index (κ3) is 7.34. The number of carbonyl (C=O) groups is 2. The first kappa shape index (κ1) is 17.0. The molecule has 2 N–H and O–H groups in total. The normalized spacial score (nSPS) is 10.3. The van der Waals surface area contributed by atoms with Gasteiger partial charge in [0.1, 0.15) is 5.75 Å². The molecule has 0 aromatic heterocycles. The van der Waals surface area contributed by atoms with Gasteiger partial charge in [-0.3, -0.25) is 9.59 Å². The van der Waals surface area contributed by atoms with Gasteiger partial charge in [-0.25, -0.2) is 0 Å². The number of ether oxygens (including phenoxy) is 1. The Morgan fingerprint density at radius 2 is 1.81 bits per heavy atom. The van der Waals surface area contributed by atoms with Crippen LogP contribution in [0.2, 0.25) is 0 Å². The Morgan fingerprint density at radius 3 is 2.38 bits per heavy atom. The molecule has 5 nitrogen and oxygen atoms in total. The zero-order chi connectivity index (χ0) is 15.7. The fourth-order valence-corrected chi connectivity index (χ4v) is 1.70. The van der Waals surface area contributed by atoms with Gasteiger partial charge in [0.05, 0.1) is 12.6 Å². The number of benzene rings is 1. The monoisotopic (exact) mass is 292 g/mol. The van der Waals surface area contributed by atoms with E-state index in [1.165, 1.54) is 0 Å². The molecule has 2 amide bonds. The van der Waals surface area contributed by atoms with Crippen molar-refractivity contribution in [2.24, 2.45) is 0 Å². The van der Waals surface area contributed by atoms with Gasteiger partial charge in [-0.2, -0.15) is 0 Å². The van der Waals surface area contributed by atoms with E-state index in [0.29, 0.717) is 12.1 Å². The molecule has 0 unspecified atom stereocenters. The molecular formula is C16H24N2O3. The van der Waals surface area contributed by atoms with Crippen LogP contribution in [0.15, 0.2) is 24.3 Å². The number of amides is 2. The smallest absolute Gasteiger partial charge is 0.243 e. The van der Waals surface area contributed by atoms with Crippen molar-refractivity contribution >= 4 is 17.5 Å². The SMILES string of the molecule is CCCCC(=O)NCC(=O)Nc1ccc(OC(C)C)cc1. The molecule has 0 spiro atoms. The van der Waals surface area contributed by atoms with Crippen LogP contribution in [-0.4, -0.2) is 24.5 Å². The molecule has 0 aliphatic carbocycles. The first-order valence-electron chi connectivity index (χ1n) is 7.34. The summed E-state index contributed by atoms with van der Waals surface area (Å²) >= 11 is 0. The third-order valence-corrected chi connectivity index (χ3v) is 2.71. The van der Waals surface area contributed by atoms with Crippen LogP contribution in [0, 0.1) is 0 Å². The zero-order valence-electron chi connectivity index (χ0n) is 12.9. The van der Waals surface area contributed by atoms with Crippen LogP contribution in [0.5, 0.6) is 5.75 Å². The second-order valence-electron chi connectivity index (χ2n) is 5.12. The molecule has 21 heavy (non-hydrogen) atoms. The lowest BCUT2D eigenvalue weighted by Crippen LogP contribution is -2.32. The summed E-state index contributed by atoms with van der Waals surface area (Å²) in [6.07, 6.45) is 2.38.